The van der Waals surface area contributed by atoms with Crippen LogP contribution in [0.15, 0.2) is 18.2 Å². The summed E-state index contributed by atoms with van der Waals surface area (Å²) in [4.78, 5) is 3.48. The fourth-order valence-electron chi connectivity index (χ4n) is 1.14. The van der Waals surface area contributed by atoms with Gasteiger partial charge in [-0.2, -0.15) is 13.2 Å². The highest BCUT2D eigenvalue weighted by Gasteiger charge is 2.34. The Bertz CT molecular complexity index is 497. The number of nitrogen functional groups attached to an aromatic ring is 1. The van der Waals surface area contributed by atoms with Crippen LogP contribution in [0.25, 0.3) is 10.2 Å². The number of aromatic nitrogens is 1. The third kappa shape index (κ3) is 2.37. The van der Waals surface area contributed by atoms with E-state index in [9.17, 15) is 13.2 Å². The molecule has 1 aromatic heterocycles. The van der Waals surface area contributed by atoms with E-state index in [0.717, 1.165) is 0 Å². The summed E-state index contributed by atoms with van der Waals surface area (Å²) < 4.78 is 37.4. The number of thiazole rings is 1. The average molecular weight is 270 g/mol. The summed E-state index contributed by atoms with van der Waals surface area (Å²) in [6, 6.07) is 4.60. The van der Waals surface area contributed by atoms with Crippen LogP contribution in [0.4, 0.5) is 18.9 Å². The van der Waals surface area contributed by atoms with Gasteiger partial charge in [-0.15, -0.1) is 23.7 Å². The van der Waals surface area contributed by atoms with Gasteiger partial charge >= 0.3 is 6.18 Å². The number of nitrogens with zero attached hydrogens (tertiary/aromatic N) is 1. The standard InChI is InChI=1S/C8H6F3N3S.ClH/c9-8(10,11)7-13-5-2-1-4(14-12)3-6(5)15-7;/h1-3,14H,12H2;1H. The van der Waals surface area contributed by atoms with Gasteiger partial charge in [0.05, 0.1) is 15.9 Å². The van der Waals surface area contributed by atoms with Crippen molar-refractivity contribution in [2.45, 2.75) is 6.18 Å². The molecule has 0 saturated carbocycles. The molecule has 3 nitrogen and oxygen atoms in total. The Balaban J connectivity index is 0.00000128. The molecular formula is C8H7ClF3N3S. The highest BCUT2D eigenvalue weighted by Crippen LogP contribution is 2.35. The van der Waals surface area contributed by atoms with Crippen LogP contribution in [-0.2, 0) is 6.18 Å². The first-order chi connectivity index (χ1) is 7.00. The van der Waals surface area contributed by atoms with Gasteiger partial charge in [-0.05, 0) is 18.2 Å². The number of fused-ring (bicyclic) bond motifs is 1. The van der Waals surface area contributed by atoms with E-state index in [2.05, 4.69) is 10.4 Å². The Morgan fingerprint density at radius 2 is 2.00 bits per heavy atom. The van der Waals surface area contributed by atoms with E-state index in [0.29, 0.717) is 27.2 Å². The molecule has 88 valence electrons. The summed E-state index contributed by atoms with van der Waals surface area (Å²) in [6.45, 7) is 0. The number of hydrazine groups is 1. The van der Waals surface area contributed by atoms with Crippen molar-refractivity contribution in [3.05, 3.63) is 23.2 Å². The van der Waals surface area contributed by atoms with E-state index >= 15 is 0 Å². The monoisotopic (exact) mass is 269 g/mol. The molecule has 0 saturated heterocycles. The molecule has 0 aliphatic rings. The summed E-state index contributed by atoms with van der Waals surface area (Å²) in [5, 5.41) is -0.841. The molecule has 0 amide bonds. The summed E-state index contributed by atoms with van der Waals surface area (Å²) in [5.41, 5.74) is 3.25. The molecule has 0 atom stereocenters. The van der Waals surface area contributed by atoms with Gasteiger partial charge in [0.2, 0.25) is 0 Å². The van der Waals surface area contributed by atoms with Crippen molar-refractivity contribution < 1.29 is 13.2 Å². The third-order valence-corrected chi connectivity index (χ3v) is 2.86. The highest BCUT2D eigenvalue weighted by molar-refractivity contribution is 7.18. The molecule has 0 aliphatic heterocycles. The van der Waals surface area contributed by atoms with Crippen LogP contribution in [0.3, 0.4) is 0 Å². The summed E-state index contributed by atoms with van der Waals surface area (Å²) >= 11 is 0.602. The minimum Gasteiger partial charge on any atom is -0.324 e. The first kappa shape index (κ1) is 13.0. The topological polar surface area (TPSA) is 50.9 Å². The second kappa shape index (κ2) is 4.44. The smallest absolute Gasteiger partial charge is 0.324 e. The van der Waals surface area contributed by atoms with Crippen molar-refractivity contribution >= 4 is 39.6 Å². The van der Waals surface area contributed by atoms with E-state index in [1.54, 1.807) is 6.07 Å². The molecule has 0 bridgehead atoms. The normalized spacial score (nSPS) is 11.2. The van der Waals surface area contributed by atoms with Crippen LogP contribution < -0.4 is 11.3 Å². The van der Waals surface area contributed by atoms with Gasteiger partial charge in [0.15, 0.2) is 5.01 Å². The van der Waals surface area contributed by atoms with E-state index in [4.69, 9.17) is 5.84 Å². The molecule has 1 heterocycles. The Morgan fingerprint density at radius 1 is 1.31 bits per heavy atom. The lowest BCUT2D eigenvalue weighted by Crippen LogP contribution is -2.05. The lowest BCUT2D eigenvalue weighted by molar-refractivity contribution is -0.137. The van der Waals surface area contributed by atoms with Gasteiger partial charge in [0.1, 0.15) is 0 Å². The van der Waals surface area contributed by atoms with E-state index in [1.165, 1.54) is 12.1 Å². The van der Waals surface area contributed by atoms with Gasteiger partial charge < -0.3 is 5.43 Å². The van der Waals surface area contributed by atoms with Crippen molar-refractivity contribution in [3.63, 3.8) is 0 Å². The molecule has 0 fully saturated rings. The van der Waals surface area contributed by atoms with Crippen molar-refractivity contribution in [3.8, 4) is 0 Å². The van der Waals surface area contributed by atoms with Gasteiger partial charge in [-0.1, -0.05) is 0 Å². The zero-order valence-electron chi connectivity index (χ0n) is 7.71. The molecular weight excluding hydrogens is 263 g/mol. The molecule has 2 aromatic rings. The predicted molar refractivity (Wildman–Crippen MR) is 59.7 cm³/mol. The molecule has 0 unspecified atom stereocenters. The van der Waals surface area contributed by atoms with Crippen LogP contribution in [-0.4, -0.2) is 4.98 Å². The Labute approximate surface area is 98.8 Å². The number of hydrogen-bond acceptors (Lipinski definition) is 4. The quantitative estimate of drug-likeness (QED) is 0.618. The minimum atomic E-state index is -4.39. The van der Waals surface area contributed by atoms with Crippen LogP contribution in [0.5, 0.6) is 0 Å². The second-order valence-corrected chi connectivity index (χ2v) is 3.87. The van der Waals surface area contributed by atoms with Crippen LogP contribution in [0.2, 0.25) is 0 Å². The van der Waals surface area contributed by atoms with E-state index in [-0.39, 0.29) is 12.4 Å². The fourth-order valence-corrected chi connectivity index (χ4v) is 2.01. The first-order valence-electron chi connectivity index (χ1n) is 3.95. The summed E-state index contributed by atoms with van der Waals surface area (Å²) in [6.07, 6.45) is -4.39. The van der Waals surface area contributed by atoms with Gasteiger partial charge in [-0.3, -0.25) is 5.84 Å². The molecule has 3 N–H and O–H groups in total. The second-order valence-electron chi connectivity index (χ2n) is 2.84. The molecule has 16 heavy (non-hydrogen) atoms. The molecule has 8 heteroatoms. The third-order valence-electron chi connectivity index (χ3n) is 1.80. The van der Waals surface area contributed by atoms with E-state index in [1.807, 2.05) is 0 Å². The molecule has 1 aromatic carbocycles. The molecule has 2 rings (SSSR count). The minimum absolute atomic E-state index is 0. The SMILES string of the molecule is Cl.NNc1ccc2nc(C(F)(F)F)sc2c1. The summed E-state index contributed by atoms with van der Waals surface area (Å²) in [5.74, 6) is 5.15. The maximum atomic E-state index is 12.3. The first-order valence-corrected chi connectivity index (χ1v) is 4.77. The van der Waals surface area contributed by atoms with Crippen LogP contribution in [0, 0.1) is 0 Å². The van der Waals surface area contributed by atoms with Crippen molar-refractivity contribution in [1.82, 2.24) is 4.98 Å². The largest absolute Gasteiger partial charge is 0.443 e. The number of halogens is 4. The molecule has 0 radical (unpaired) electrons. The number of nitrogens with two attached hydrogens (primary N) is 1. The maximum Gasteiger partial charge on any atom is 0.443 e. The zero-order chi connectivity index (χ0) is 11.1. The lowest BCUT2D eigenvalue weighted by Gasteiger charge is -1.98. The Kier molecular flexibility index (Phi) is 3.61. The fraction of sp³-hybridized carbons (Fsp3) is 0.125. The van der Waals surface area contributed by atoms with Gasteiger partial charge in [0, 0.05) is 0 Å². The zero-order valence-corrected chi connectivity index (χ0v) is 9.34. The summed E-state index contributed by atoms with van der Waals surface area (Å²) in [7, 11) is 0. The van der Waals surface area contributed by atoms with Gasteiger partial charge in [-0.25, -0.2) is 4.98 Å². The number of rotatable bonds is 1. The number of nitrogens with one attached hydrogen (secondary N) is 1. The highest BCUT2D eigenvalue weighted by atomic mass is 35.5. The van der Waals surface area contributed by atoms with Crippen LogP contribution in [0.1, 0.15) is 5.01 Å². The molecule has 0 aliphatic carbocycles. The Hall–Kier alpha value is -1.05. The number of anilines is 1. The van der Waals surface area contributed by atoms with Crippen LogP contribution >= 0.6 is 23.7 Å². The Morgan fingerprint density at radius 3 is 2.56 bits per heavy atom. The van der Waals surface area contributed by atoms with Gasteiger partial charge in [0.25, 0.3) is 0 Å². The van der Waals surface area contributed by atoms with Crippen molar-refractivity contribution in [2.75, 3.05) is 5.43 Å². The molecule has 0 spiro atoms. The maximum absolute atomic E-state index is 12.3. The van der Waals surface area contributed by atoms with Crippen molar-refractivity contribution in [1.29, 1.82) is 0 Å². The van der Waals surface area contributed by atoms with E-state index < -0.39 is 11.2 Å². The average Bonchev–Trinajstić information content (AvgIpc) is 2.59. The van der Waals surface area contributed by atoms with Crippen molar-refractivity contribution in [2.24, 2.45) is 5.84 Å². The number of hydrogen-bond donors (Lipinski definition) is 2. The number of alkyl halides is 3. The predicted octanol–water partition coefficient (Wildman–Crippen LogP) is 3.02. The lowest BCUT2D eigenvalue weighted by atomic mass is 10.3. The number of benzene rings is 1.